The summed E-state index contributed by atoms with van der Waals surface area (Å²) in [6.45, 7) is 3.63. The van der Waals surface area contributed by atoms with E-state index in [1.165, 1.54) is 12.8 Å². The van der Waals surface area contributed by atoms with E-state index in [4.69, 9.17) is 4.52 Å². The van der Waals surface area contributed by atoms with E-state index >= 15 is 0 Å². The Morgan fingerprint density at radius 3 is 3.00 bits per heavy atom. The van der Waals surface area contributed by atoms with Crippen molar-refractivity contribution in [1.29, 1.82) is 0 Å². The molecule has 1 aliphatic carbocycles. The van der Waals surface area contributed by atoms with Crippen LogP contribution >= 0.6 is 0 Å². The predicted molar refractivity (Wildman–Crippen MR) is 91.1 cm³/mol. The Labute approximate surface area is 147 Å². The summed E-state index contributed by atoms with van der Waals surface area (Å²) < 4.78 is 5.27. The lowest BCUT2D eigenvalue weighted by atomic mass is 9.94. The number of piperidine rings is 1. The van der Waals surface area contributed by atoms with Gasteiger partial charge in [0.2, 0.25) is 11.8 Å². The minimum Gasteiger partial charge on any atom is -0.342 e. The number of amides is 1. The van der Waals surface area contributed by atoms with Crippen molar-refractivity contribution in [1.82, 2.24) is 25.2 Å². The predicted octanol–water partition coefficient (Wildman–Crippen LogP) is 2.71. The first-order valence-electron chi connectivity index (χ1n) is 9.31. The highest BCUT2D eigenvalue weighted by Gasteiger charge is 2.29. The Bertz CT molecular complexity index is 733. The molecule has 2 fully saturated rings. The molecule has 134 valence electrons. The van der Waals surface area contributed by atoms with Crippen LogP contribution in [0.1, 0.15) is 73.5 Å². The van der Waals surface area contributed by atoms with Gasteiger partial charge in [-0.2, -0.15) is 10.1 Å². The second-order valence-electron chi connectivity index (χ2n) is 7.33. The molecule has 25 heavy (non-hydrogen) atoms. The summed E-state index contributed by atoms with van der Waals surface area (Å²) in [7, 11) is 0. The van der Waals surface area contributed by atoms with Crippen LogP contribution in [0.25, 0.3) is 0 Å². The Morgan fingerprint density at radius 2 is 2.24 bits per heavy atom. The number of hydrogen-bond donors (Lipinski definition) is 1. The number of aromatic amines is 1. The molecule has 7 nitrogen and oxygen atoms in total. The Morgan fingerprint density at radius 1 is 1.36 bits per heavy atom. The van der Waals surface area contributed by atoms with Gasteiger partial charge in [0.05, 0.1) is 5.69 Å². The molecule has 3 heterocycles. The maximum Gasteiger partial charge on any atom is 0.226 e. The van der Waals surface area contributed by atoms with Crippen LogP contribution in [0, 0.1) is 6.92 Å². The van der Waals surface area contributed by atoms with Crippen molar-refractivity contribution in [3.8, 4) is 0 Å². The van der Waals surface area contributed by atoms with E-state index in [1.807, 2.05) is 11.8 Å². The SMILES string of the molecule is Cc1cc(C2CCCN(C(=O)CCCc3nc(C4CC4)no3)C2)n[nH]1. The molecule has 4 rings (SSSR count). The van der Waals surface area contributed by atoms with Crippen molar-refractivity contribution in [2.24, 2.45) is 0 Å². The maximum absolute atomic E-state index is 12.5. The van der Waals surface area contributed by atoms with Crippen LogP contribution in [0.15, 0.2) is 10.6 Å². The summed E-state index contributed by atoms with van der Waals surface area (Å²) in [5.74, 6) is 2.58. The minimum absolute atomic E-state index is 0.221. The van der Waals surface area contributed by atoms with E-state index in [0.29, 0.717) is 30.6 Å². The summed E-state index contributed by atoms with van der Waals surface area (Å²) in [4.78, 5) is 18.9. The van der Waals surface area contributed by atoms with Crippen molar-refractivity contribution < 1.29 is 9.32 Å². The van der Waals surface area contributed by atoms with Gasteiger partial charge in [-0.05, 0) is 45.1 Å². The largest absolute Gasteiger partial charge is 0.342 e. The molecular formula is C18H25N5O2. The van der Waals surface area contributed by atoms with Gasteiger partial charge in [-0.15, -0.1) is 0 Å². The number of carbonyl (C=O) groups is 1. The number of nitrogens with one attached hydrogen (secondary N) is 1. The lowest BCUT2D eigenvalue weighted by molar-refractivity contribution is -0.132. The number of aromatic nitrogens is 4. The average molecular weight is 343 g/mol. The second kappa shape index (κ2) is 6.98. The van der Waals surface area contributed by atoms with Crippen LogP contribution in [-0.2, 0) is 11.2 Å². The van der Waals surface area contributed by atoms with Gasteiger partial charge in [-0.1, -0.05) is 5.16 Å². The highest BCUT2D eigenvalue weighted by Crippen LogP contribution is 2.38. The van der Waals surface area contributed by atoms with Crippen LogP contribution in [0.3, 0.4) is 0 Å². The van der Waals surface area contributed by atoms with Gasteiger partial charge in [-0.3, -0.25) is 9.89 Å². The van der Waals surface area contributed by atoms with Gasteiger partial charge in [0.15, 0.2) is 5.82 Å². The fourth-order valence-electron chi connectivity index (χ4n) is 3.52. The normalized spacial score (nSPS) is 20.8. The van der Waals surface area contributed by atoms with E-state index in [0.717, 1.165) is 49.6 Å². The number of carbonyl (C=O) groups excluding carboxylic acids is 1. The smallest absolute Gasteiger partial charge is 0.226 e. The van der Waals surface area contributed by atoms with Crippen molar-refractivity contribution in [3.63, 3.8) is 0 Å². The molecule has 1 N–H and O–H groups in total. The molecule has 1 aliphatic heterocycles. The van der Waals surface area contributed by atoms with Gasteiger partial charge in [0.1, 0.15) is 0 Å². The molecule has 2 aromatic heterocycles. The summed E-state index contributed by atoms with van der Waals surface area (Å²) in [5.41, 5.74) is 2.15. The molecule has 0 radical (unpaired) electrons. The molecular weight excluding hydrogens is 318 g/mol. The molecule has 7 heteroatoms. The molecule has 0 aromatic carbocycles. The zero-order valence-electron chi connectivity index (χ0n) is 14.7. The summed E-state index contributed by atoms with van der Waals surface area (Å²) in [6, 6.07) is 2.09. The van der Waals surface area contributed by atoms with E-state index in [1.54, 1.807) is 0 Å². The maximum atomic E-state index is 12.5. The zero-order valence-corrected chi connectivity index (χ0v) is 14.7. The molecule has 1 saturated carbocycles. The number of aryl methyl sites for hydroxylation is 2. The second-order valence-corrected chi connectivity index (χ2v) is 7.33. The zero-order chi connectivity index (χ0) is 17.2. The number of H-pyrrole nitrogens is 1. The van der Waals surface area contributed by atoms with Crippen LogP contribution in [0.4, 0.5) is 0 Å². The number of likely N-dealkylation sites (tertiary alicyclic amines) is 1. The average Bonchev–Trinajstić information content (AvgIpc) is 3.21. The topological polar surface area (TPSA) is 87.9 Å². The molecule has 1 unspecified atom stereocenters. The minimum atomic E-state index is 0.221. The van der Waals surface area contributed by atoms with Crippen LogP contribution in [0.2, 0.25) is 0 Å². The summed E-state index contributed by atoms with van der Waals surface area (Å²) >= 11 is 0. The van der Waals surface area contributed by atoms with Crippen molar-refractivity contribution in [2.45, 2.75) is 63.7 Å². The first-order chi connectivity index (χ1) is 12.2. The van der Waals surface area contributed by atoms with Crippen LogP contribution in [0.5, 0.6) is 0 Å². The quantitative estimate of drug-likeness (QED) is 0.871. The Balaban J connectivity index is 1.25. The van der Waals surface area contributed by atoms with Crippen molar-refractivity contribution in [3.05, 3.63) is 29.2 Å². The first kappa shape index (κ1) is 16.3. The molecule has 0 spiro atoms. The van der Waals surface area contributed by atoms with Gasteiger partial charge >= 0.3 is 0 Å². The molecule has 1 atom stereocenters. The third-order valence-electron chi connectivity index (χ3n) is 5.13. The van der Waals surface area contributed by atoms with E-state index in [-0.39, 0.29) is 5.91 Å². The number of nitrogens with zero attached hydrogens (tertiary/aromatic N) is 4. The van der Waals surface area contributed by atoms with Gasteiger partial charge in [-0.25, -0.2) is 0 Å². The fourth-order valence-corrected chi connectivity index (χ4v) is 3.52. The van der Waals surface area contributed by atoms with Gasteiger partial charge < -0.3 is 9.42 Å². The lowest BCUT2D eigenvalue weighted by Gasteiger charge is -2.32. The number of hydrogen-bond acceptors (Lipinski definition) is 5. The fraction of sp³-hybridized carbons (Fsp3) is 0.667. The molecule has 1 amide bonds. The van der Waals surface area contributed by atoms with Crippen molar-refractivity contribution in [2.75, 3.05) is 13.1 Å². The highest BCUT2D eigenvalue weighted by atomic mass is 16.5. The number of rotatable bonds is 6. The summed E-state index contributed by atoms with van der Waals surface area (Å²) in [5, 5.41) is 11.4. The lowest BCUT2D eigenvalue weighted by Crippen LogP contribution is -2.39. The third-order valence-corrected chi connectivity index (χ3v) is 5.13. The standard InChI is InChI=1S/C18H25N5O2/c1-12-10-15(21-20-12)14-4-3-9-23(11-14)17(24)6-2-5-16-19-18(22-25-16)13-7-8-13/h10,13-14H,2-9,11H2,1H3,(H,20,21). The molecule has 2 aromatic rings. The van der Waals surface area contributed by atoms with E-state index in [2.05, 4.69) is 26.4 Å². The summed E-state index contributed by atoms with van der Waals surface area (Å²) in [6.07, 6.45) is 6.45. The van der Waals surface area contributed by atoms with Gasteiger partial charge in [0.25, 0.3) is 0 Å². The Kier molecular flexibility index (Phi) is 4.55. The van der Waals surface area contributed by atoms with Gasteiger partial charge in [0, 0.05) is 43.5 Å². The van der Waals surface area contributed by atoms with E-state index in [9.17, 15) is 4.79 Å². The first-order valence-corrected chi connectivity index (χ1v) is 9.31. The third kappa shape index (κ3) is 3.91. The van der Waals surface area contributed by atoms with E-state index < -0.39 is 0 Å². The molecule has 2 aliphatic rings. The molecule has 1 saturated heterocycles. The van der Waals surface area contributed by atoms with Crippen molar-refractivity contribution >= 4 is 5.91 Å². The van der Waals surface area contributed by atoms with Crippen LogP contribution < -0.4 is 0 Å². The molecule has 0 bridgehead atoms. The Hall–Kier alpha value is -2.18. The monoisotopic (exact) mass is 343 g/mol. The highest BCUT2D eigenvalue weighted by molar-refractivity contribution is 5.76. The van der Waals surface area contributed by atoms with Crippen LogP contribution in [-0.4, -0.2) is 44.2 Å².